The number of piperidine rings is 1. The minimum atomic E-state index is -0.230. The fourth-order valence-corrected chi connectivity index (χ4v) is 4.09. The number of hydrogen-bond acceptors (Lipinski definition) is 4. The highest BCUT2D eigenvalue weighted by Gasteiger charge is 2.21. The van der Waals surface area contributed by atoms with E-state index in [2.05, 4.69) is 41.3 Å². The molecule has 0 atom stereocenters. The highest BCUT2D eigenvalue weighted by atomic mass is 79.9. The molecule has 0 saturated carbocycles. The molecule has 0 aliphatic carbocycles. The average molecular weight is 403 g/mol. The van der Waals surface area contributed by atoms with Gasteiger partial charge in [0.15, 0.2) is 0 Å². The second kappa shape index (κ2) is 6.51. The Morgan fingerprint density at radius 2 is 2.00 bits per heavy atom. The van der Waals surface area contributed by atoms with Gasteiger partial charge in [-0.3, -0.25) is 10.1 Å². The van der Waals surface area contributed by atoms with Crippen LogP contribution < -0.4 is 10.2 Å². The van der Waals surface area contributed by atoms with Crippen molar-refractivity contribution in [3.63, 3.8) is 0 Å². The van der Waals surface area contributed by atoms with Gasteiger partial charge in [-0.05, 0) is 41.3 Å². The van der Waals surface area contributed by atoms with E-state index in [4.69, 9.17) is 0 Å². The first-order chi connectivity index (χ1) is 12.1. The van der Waals surface area contributed by atoms with Gasteiger partial charge in [0.05, 0.1) is 4.47 Å². The zero-order valence-corrected chi connectivity index (χ0v) is 15.5. The highest BCUT2D eigenvalue weighted by Crippen LogP contribution is 2.30. The number of carbonyl (C=O) groups is 1. The standard InChI is InChI=1S/C17H19BrN6O/c1-23-12-8-4-3-7-11(12)13(18)14(23)15(25)19-16-20-17(22-21-16)24-9-5-2-6-10-24/h3-4,7-8H,2,5-6,9-10H2,1H3,(H2,19,20,21,22,25). The Bertz CT molecular complexity index is 886. The first kappa shape index (κ1) is 16.1. The molecular weight excluding hydrogens is 384 g/mol. The van der Waals surface area contributed by atoms with Crippen LogP contribution in [0.3, 0.4) is 0 Å². The van der Waals surface area contributed by atoms with Crippen LogP contribution in [0.15, 0.2) is 28.7 Å². The molecule has 3 aromatic rings. The maximum absolute atomic E-state index is 12.7. The number of aryl methyl sites for hydroxylation is 1. The predicted octanol–water partition coefficient (Wildman–Crippen LogP) is 3.30. The number of nitrogens with one attached hydrogen (secondary N) is 2. The lowest BCUT2D eigenvalue weighted by Crippen LogP contribution is -2.30. The summed E-state index contributed by atoms with van der Waals surface area (Å²) in [6.07, 6.45) is 3.55. The van der Waals surface area contributed by atoms with E-state index in [0.717, 1.165) is 41.3 Å². The molecule has 1 fully saturated rings. The molecule has 1 aliphatic rings. The lowest BCUT2D eigenvalue weighted by molar-refractivity contribution is 0.101. The summed E-state index contributed by atoms with van der Waals surface area (Å²) < 4.78 is 2.65. The van der Waals surface area contributed by atoms with Crippen molar-refractivity contribution >= 4 is 44.6 Å². The van der Waals surface area contributed by atoms with Crippen LogP contribution in [0, 0.1) is 0 Å². The molecule has 0 bridgehead atoms. The zero-order chi connectivity index (χ0) is 17.4. The second-order valence-electron chi connectivity index (χ2n) is 6.22. The Kier molecular flexibility index (Phi) is 4.20. The number of anilines is 2. The van der Waals surface area contributed by atoms with E-state index in [0.29, 0.717) is 17.6 Å². The first-order valence-corrected chi connectivity index (χ1v) is 9.16. The second-order valence-corrected chi connectivity index (χ2v) is 7.02. The molecule has 8 heteroatoms. The van der Waals surface area contributed by atoms with E-state index < -0.39 is 0 Å². The smallest absolute Gasteiger partial charge is 0.275 e. The Morgan fingerprint density at radius 1 is 1.24 bits per heavy atom. The maximum atomic E-state index is 12.7. The molecule has 2 N–H and O–H groups in total. The van der Waals surface area contributed by atoms with E-state index in [9.17, 15) is 4.79 Å². The van der Waals surface area contributed by atoms with Crippen molar-refractivity contribution in [2.75, 3.05) is 23.3 Å². The molecular formula is C17H19BrN6O. The molecule has 1 aliphatic heterocycles. The van der Waals surface area contributed by atoms with Crippen LogP contribution in [0.4, 0.5) is 11.9 Å². The molecule has 0 unspecified atom stereocenters. The van der Waals surface area contributed by atoms with Crippen molar-refractivity contribution < 1.29 is 4.79 Å². The van der Waals surface area contributed by atoms with Gasteiger partial charge in [0.1, 0.15) is 5.69 Å². The summed E-state index contributed by atoms with van der Waals surface area (Å²) in [4.78, 5) is 19.3. The van der Waals surface area contributed by atoms with E-state index in [1.54, 1.807) is 0 Å². The normalized spacial score (nSPS) is 14.9. The number of amides is 1. The molecule has 1 saturated heterocycles. The van der Waals surface area contributed by atoms with Gasteiger partial charge < -0.3 is 9.47 Å². The van der Waals surface area contributed by atoms with Crippen LogP contribution >= 0.6 is 15.9 Å². The topological polar surface area (TPSA) is 78.8 Å². The van der Waals surface area contributed by atoms with Gasteiger partial charge in [-0.15, -0.1) is 5.10 Å². The number of carbonyl (C=O) groups excluding carboxylic acids is 1. The first-order valence-electron chi connectivity index (χ1n) is 8.37. The van der Waals surface area contributed by atoms with Gasteiger partial charge in [-0.2, -0.15) is 4.98 Å². The van der Waals surface area contributed by atoms with Crippen molar-refractivity contribution in [3.05, 3.63) is 34.4 Å². The molecule has 130 valence electrons. The molecule has 0 radical (unpaired) electrons. The molecule has 4 rings (SSSR count). The van der Waals surface area contributed by atoms with Gasteiger partial charge in [0.25, 0.3) is 5.91 Å². The maximum Gasteiger partial charge on any atom is 0.275 e. The van der Waals surface area contributed by atoms with E-state index in [-0.39, 0.29) is 5.91 Å². The minimum Gasteiger partial charge on any atom is -0.340 e. The molecule has 25 heavy (non-hydrogen) atoms. The number of hydrogen-bond donors (Lipinski definition) is 2. The summed E-state index contributed by atoms with van der Waals surface area (Å²) >= 11 is 3.55. The summed E-state index contributed by atoms with van der Waals surface area (Å²) in [5.74, 6) is 0.778. The molecule has 7 nitrogen and oxygen atoms in total. The van der Waals surface area contributed by atoms with Gasteiger partial charge in [0.2, 0.25) is 11.9 Å². The molecule has 2 aromatic heterocycles. The zero-order valence-electron chi connectivity index (χ0n) is 13.9. The predicted molar refractivity (Wildman–Crippen MR) is 101 cm³/mol. The van der Waals surface area contributed by atoms with Crippen LogP contribution in [0.25, 0.3) is 10.9 Å². The highest BCUT2D eigenvalue weighted by molar-refractivity contribution is 9.10. The van der Waals surface area contributed by atoms with E-state index in [1.807, 2.05) is 35.9 Å². The van der Waals surface area contributed by atoms with Crippen LogP contribution in [-0.4, -0.2) is 38.7 Å². The van der Waals surface area contributed by atoms with Gasteiger partial charge in [0, 0.05) is 31.0 Å². The van der Waals surface area contributed by atoms with E-state index in [1.165, 1.54) is 6.42 Å². The minimum absolute atomic E-state index is 0.230. The summed E-state index contributed by atoms with van der Waals surface area (Å²) in [6.45, 7) is 1.92. The Hall–Kier alpha value is -2.35. The number of halogens is 1. The molecule has 1 amide bonds. The fourth-order valence-electron chi connectivity index (χ4n) is 3.31. The summed E-state index contributed by atoms with van der Waals surface area (Å²) in [6, 6.07) is 7.88. The van der Waals surface area contributed by atoms with Crippen LogP contribution in [0.2, 0.25) is 0 Å². The summed E-state index contributed by atoms with van der Waals surface area (Å²) in [5.41, 5.74) is 1.54. The number of H-pyrrole nitrogens is 1. The lowest BCUT2D eigenvalue weighted by Gasteiger charge is -2.24. The third-order valence-corrected chi connectivity index (χ3v) is 5.41. The average Bonchev–Trinajstić information content (AvgIpc) is 3.20. The van der Waals surface area contributed by atoms with Crippen molar-refractivity contribution in [1.82, 2.24) is 19.7 Å². The fraction of sp³-hybridized carbons (Fsp3) is 0.353. The van der Waals surface area contributed by atoms with Crippen molar-refractivity contribution in [3.8, 4) is 0 Å². The Morgan fingerprint density at radius 3 is 2.76 bits per heavy atom. The quantitative estimate of drug-likeness (QED) is 0.704. The van der Waals surface area contributed by atoms with Crippen LogP contribution in [0.1, 0.15) is 29.8 Å². The number of nitrogens with zero attached hydrogens (tertiary/aromatic N) is 4. The number of aromatic amines is 1. The number of benzene rings is 1. The van der Waals surface area contributed by atoms with Crippen LogP contribution in [0.5, 0.6) is 0 Å². The lowest BCUT2D eigenvalue weighted by atomic mass is 10.1. The summed E-state index contributed by atoms with van der Waals surface area (Å²) in [5, 5.41) is 10.9. The van der Waals surface area contributed by atoms with E-state index >= 15 is 0 Å². The summed E-state index contributed by atoms with van der Waals surface area (Å²) in [7, 11) is 1.88. The monoisotopic (exact) mass is 402 g/mol. The van der Waals surface area contributed by atoms with Crippen LogP contribution in [-0.2, 0) is 7.05 Å². The largest absolute Gasteiger partial charge is 0.340 e. The molecule has 1 aromatic carbocycles. The van der Waals surface area contributed by atoms with Crippen molar-refractivity contribution in [2.45, 2.75) is 19.3 Å². The SMILES string of the molecule is Cn1c(C(=O)Nc2nc(N3CCCCC3)n[nH]2)c(Br)c2ccccc21. The molecule has 0 spiro atoms. The van der Waals surface area contributed by atoms with Crippen molar-refractivity contribution in [1.29, 1.82) is 0 Å². The van der Waals surface area contributed by atoms with Gasteiger partial charge >= 0.3 is 0 Å². The number of para-hydroxylation sites is 1. The number of fused-ring (bicyclic) bond motifs is 1. The number of rotatable bonds is 3. The Labute approximate surface area is 153 Å². The Balaban J connectivity index is 1.57. The number of aromatic nitrogens is 4. The van der Waals surface area contributed by atoms with Gasteiger partial charge in [-0.25, -0.2) is 5.10 Å². The molecule has 3 heterocycles. The third-order valence-electron chi connectivity index (χ3n) is 4.60. The van der Waals surface area contributed by atoms with Gasteiger partial charge in [-0.1, -0.05) is 18.2 Å². The third kappa shape index (κ3) is 2.90. The van der Waals surface area contributed by atoms with Crippen molar-refractivity contribution in [2.24, 2.45) is 7.05 Å².